The quantitative estimate of drug-likeness (QED) is 0.0197. The van der Waals surface area contributed by atoms with Gasteiger partial charge >= 0.3 is 0 Å². The molecule has 2 aromatic heterocycles. The second-order valence-electron chi connectivity index (χ2n) is 36.3. The Morgan fingerprint density at radius 1 is 0.400 bits per heavy atom. The summed E-state index contributed by atoms with van der Waals surface area (Å²) in [7, 11) is 0. The van der Waals surface area contributed by atoms with Crippen LogP contribution in [0.3, 0.4) is 0 Å². The number of amides is 14. The minimum atomic E-state index is -1.16. The van der Waals surface area contributed by atoms with Crippen LogP contribution in [0, 0.1) is 11.8 Å². The molecule has 6 heterocycles. The molecule has 22 N–H and O–H groups in total. The Bertz CT molecular complexity index is 5280. The summed E-state index contributed by atoms with van der Waals surface area (Å²) >= 11 is 0. The number of rotatable bonds is 27. The average Bonchev–Trinajstić information content (AvgIpc) is 1.66. The summed E-state index contributed by atoms with van der Waals surface area (Å²) in [6.07, 6.45) is 17.6. The van der Waals surface area contributed by atoms with Gasteiger partial charge in [0.25, 0.3) is 5.91 Å². The first kappa shape index (κ1) is 100. The molecule has 36 nitrogen and oxygen atoms in total. The first-order valence-electron chi connectivity index (χ1n) is 47.8. The van der Waals surface area contributed by atoms with Crippen molar-refractivity contribution >= 4 is 116 Å². The molecule has 13 rings (SSSR count). The fourth-order valence-corrected chi connectivity index (χ4v) is 19.1. The summed E-state index contributed by atoms with van der Waals surface area (Å²) in [6, 6.07) is 29.3. The Kier molecular flexibility index (Phi) is 37.4. The third-order valence-electron chi connectivity index (χ3n) is 26.2. The maximum absolute atomic E-state index is 14.8. The van der Waals surface area contributed by atoms with Gasteiger partial charge in [-0.1, -0.05) is 179 Å². The van der Waals surface area contributed by atoms with Gasteiger partial charge in [0, 0.05) is 112 Å². The average molecular weight is 1850 g/mol. The second kappa shape index (κ2) is 50.4. The van der Waals surface area contributed by atoms with Gasteiger partial charge in [-0.3, -0.25) is 77.1 Å². The molecule has 135 heavy (non-hydrogen) atoms. The Balaban J connectivity index is 0.000000244. The van der Waals surface area contributed by atoms with Gasteiger partial charge in [-0.05, 0) is 148 Å². The molecule has 4 aliphatic heterocycles. The maximum Gasteiger partial charge on any atom is 0.251 e. The van der Waals surface area contributed by atoms with E-state index in [1.165, 1.54) is 16.7 Å². The van der Waals surface area contributed by atoms with E-state index in [0.29, 0.717) is 56.9 Å². The molecule has 4 saturated heterocycles. The van der Waals surface area contributed by atoms with Gasteiger partial charge in [0.15, 0.2) is 11.9 Å². The monoisotopic (exact) mass is 1850 g/mol. The highest BCUT2D eigenvalue weighted by Crippen LogP contribution is 2.32. The highest BCUT2D eigenvalue weighted by atomic mass is 16.2. The van der Waals surface area contributed by atoms with E-state index in [-0.39, 0.29) is 127 Å². The fraction of sp³-hybridized carbons (Fsp3) is 0.495. The Hall–Kier alpha value is -13.7. The molecular formula is C99H132N22O14. The number of carbonyl (C=O) groups excluding carboxylic acids is 14. The van der Waals surface area contributed by atoms with E-state index in [9.17, 15) is 67.1 Å². The van der Waals surface area contributed by atoms with Gasteiger partial charge in [0.1, 0.15) is 72.5 Å². The second-order valence-corrected chi connectivity index (χ2v) is 36.3. The summed E-state index contributed by atoms with van der Waals surface area (Å²) in [5, 5.41) is 36.6. The molecule has 0 radical (unpaired) electrons. The summed E-state index contributed by atoms with van der Waals surface area (Å²) < 4.78 is 0. The summed E-state index contributed by atoms with van der Waals surface area (Å²) in [4.78, 5) is 216. The van der Waals surface area contributed by atoms with Gasteiger partial charge < -0.3 is 107 Å². The van der Waals surface area contributed by atoms with E-state index in [1.807, 2.05) is 109 Å². The van der Waals surface area contributed by atoms with Gasteiger partial charge in [-0.2, -0.15) is 0 Å². The largest absolute Gasteiger partial charge is 0.370 e. The molecule has 14 amide bonds. The number of hydrogen-bond donors (Lipinski definition) is 18. The summed E-state index contributed by atoms with van der Waals surface area (Å²) in [5.74, 6) is -7.30. The third-order valence-corrected chi connectivity index (χ3v) is 26.2. The van der Waals surface area contributed by atoms with Crippen LogP contribution in [0.4, 0.5) is 0 Å². The number of aromatic amines is 2. The Morgan fingerprint density at radius 3 is 1.18 bits per heavy atom. The molecule has 2 unspecified atom stereocenters. The SMILES string of the molecule is CC(=O)N[C@@H](Cc1ccccc1)C(=O)NC1CCCNC(=O)[C@H](CCCN=C(N)N)NC(=O)[C@H](Cc2c[nH]c3ccccc23)NC(=O)[C@@H](CC2CCCCC2)NC(=O)[C@@H]2CCCN2C1=O.NC(N)=NCCC[C@@H]1NC(=O)[C@H](Cc2c[nH]c3ccccc23)NC(=O)[C@@H](CC2CCCCC2)NC(=O)[C@@H]2CCCN2C(=O)C(NC(=O)[C@H](Cc2ccccc2)NC(=O)c2ccccc2)CCCNC1=O. The maximum atomic E-state index is 14.8. The van der Waals surface area contributed by atoms with Crippen LogP contribution >= 0.6 is 0 Å². The predicted octanol–water partition coefficient (Wildman–Crippen LogP) is 3.94. The van der Waals surface area contributed by atoms with Crippen LogP contribution in [0.2, 0.25) is 0 Å². The van der Waals surface area contributed by atoms with Crippen LogP contribution in [-0.4, -0.2) is 226 Å². The zero-order chi connectivity index (χ0) is 95.7. The van der Waals surface area contributed by atoms with Crippen molar-refractivity contribution < 1.29 is 67.1 Å². The van der Waals surface area contributed by atoms with Crippen molar-refractivity contribution in [2.24, 2.45) is 44.8 Å². The smallest absolute Gasteiger partial charge is 0.251 e. The lowest BCUT2D eigenvalue weighted by Gasteiger charge is -2.32. The van der Waals surface area contributed by atoms with Crippen LogP contribution in [0.5, 0.6) is 0 Å². The van der Waals surface area contributed by atoms with Crippen LogP contribution in [0.15, 0.2) is 162 Å². The lowest BCUT2D eigenvalue weighted by Crippen LogP contribution is -2.60. The number of nitrogens with two attached hydrogens (primary N) is 4. The topological polar surface area (TPSA) is 550 Å². The number of nitrogens with one attached hydrogen (secondary N) is 14. The standard InChI is InChI=1S/C52H67N11O7.C47H65N11O7/c53-52(54)56-27-12-23-39-46(65)55-26-13-24-40(59-47(66)41(29-33-15-4-1-5-16-33)60-45(64)35-19-8-3-9-20-35)51(70)63-28-14-25-44(63)50(69)62-42(30-34-17-6-2-7-18-34)48(67)61-43(49(68)58-39)31-36-32-57-38-22-11-10-21-37(36)38;1-29(59)53-37(25-30-13-4-2-5-14-30)42(61)55-36-20-11-22-50-41(60)35(19-10-23-51-47(48)49)54-44(63)39(27-32-28-52-34-18-9-8-17-33(32)34)56-43(62)38(26-31-15-6-3-7-16-31)57-45(64)40-21-12-24-58(40)46(36)65/h1,3-5,8-11,15-16,19-22,32,34,39-44,57H,2,6-7,12-14,17-18,23-31H2,(H,55,65)(H,58,68)(H,59,66)(H,60,64)(H,61,67)(H,62,69)(H4,53,54,56);2,4-5,8-9,13-14,17-18,28,31,35-40,52H,3,6-7,10-12,15-16,19-27H2,1H3,(H,50,60)(H,53,59)(H,54,63)(H,55,61)(H,56,62)(H,57,64)(H4,48,49,51)/t39-,40?,41-,42+,43-,44-;35-,36?,37-,38+,39-,40-/m00/s1. The van der Waals surface area contributed by atoms with Crippen LogP contribution in [0.25, 0.3) is 21.8 Å². The van der Waals surface area contributed by atoms with E-state index in [4.69, 9.17) is 22.9 Å². The summed E-state index contributed by atoms with van der Waals surface area (Å²) in [6.45, 7) is 2.30. The van der Waals surface area contributed by atoms with Crippen molar-refractivity contribution in [2.45, 2.75) is 259 Å². The lowest BCUT2D eigenvalue weighted by atomic mass is 9.84. The van der Waals surface area contributed by atoms with Crippen molar-refractivity contribution in [3.05, 3.63) is 180 Å². The number of carbonyl (C=O) groups is 14. The molecule has 6 fully saturated rings. The van der Waals surface area contributed by atoms with Gasteiger partial charge in [-0.15, -0.1) is 0 Å². The van der Waals surface area contributed by atoms with Crippen molar-refractivity contribution in [1.82, 2.24) is 83.6 Å². The molecule has 722 valence electrons. The minimum absolute atomic E-state index is 0.0548. The molecule has 0 spiro atoms. The molecule has 5 aromatic carbocycles. The number of benzene rings is 5. The van der Waals surface area contributed by atoms with E-state index >= 15 is 0 Å². The first-order chi connectivity index (χ1) is 65.3. The fourth-order valence-electron chi connectivity index (χ4n) is 19.1. The number of H-pyrrole nitrogens is 2. The normalized spacial score (nSPS) is 23.0. The Morgan fingerprint density at radius 2 is 0.770 bits per heavy atom. The zero-order valence-corrected chi connectivity index (χ0v) is 76.9. The van der Waals surface area contributed by atoms with Crippen molar-refractivity contribution in [2.75, 3.05) is 39.3 Å². The number of hydrogen-bond acceptors (Lipinski definition) is 16. The number of fused-ring (bicyclic) bond motifs is 4. The van der Waals surface area contributed by atoms with E-state index in [1.54, 1.807) is 42.7 Å². The molecule has 0 bridgehead atoms. The zero-order valence-electron chi connectivity index (χ0n) is 76.9. The van der Waals surface area contributed by atoms with E-state index in [0.717, 1.165) is 108 Å². The van der Waals surface area contributed by atoms with E-state index < -0.39 is 155 Å². The van der Waals surface area contributed by atoms with Crippen LogP contribution < -0.4 is 86.7 Å². The predicted molar refractivity (Wildman–Crippen MR) is 511 cm³/mol. The highest BCUT2D eigenvalue weighted by Gasteiger charge is 2.44. The van der Waals surface area contributed by atoms with Crippen molar-refractivity contribution in [3.63, 3.8) is 0 Å². The van der Waals surface area contributed by atoms with Crippen LogP contribution in [-0.2, 0) is 88.0 Å². The molecule has 7 aromatic rings. The first-order valence-corrected chi connectivity index (χ1v) is 47.8. The number of para-hydroxylation sites is 2. The van der Waals surface area contributed by atoms with Crippen molar-refractivity contribution in [3.8, 4) is 0 Å². The number of aromatic nitrogens is 2. The van der Waals surface area contributed by atoms with Gasteiger partial charge in [0.05, 0.1) is 0 Å². The van der Waals surface area contributed by atoms with Gasteiger partial charge in [-0.25, -0.2) is 0 Å². The highest BCUT2D eigenvalue weighted by molar-refractivity contribution is 6.02. The minimum Gasteiger partial charge on any atom is -0.370 e. The number of aliphatic imine (C=N–C) groups is 2. The van der Waals surface area contributed by atoms with E-state index in [2.05, 4.69) is 83.8 Å². The number of guanidine groups is 2. The molecule has 12 atom stereocenters. The molecule has 6 aliphatic rings. The Labute approximate surface area is 786 Å². The molecule has 36 heteroatoms. The molecular weight excluding hydrogens is 1720 g/mol. The number of nitrogens with zero attached hydrogens (tertiary/aromatic N) is 4. The lowest BCUT2D eigenvalue weighted by molar-refractivity contribution is -0.142. The molecule has 2 saturated carbocycles. The van der Waals surface area contributed by atoms with Crippen molar-refractivity contribution in [1.29, 1.82) is 0 Å². The van der Waals surface area contributed by atoms with Gasteiger partial charge in [0.2, 0.25) is 76.8 Å². The molecule has 2 aliphatic carbocycles. The summed E-state index contributed by atoms with van der Waals surface area (Å²) in [5.41, 5.74) is 27.4. The van der Waals surface area contributed by atoms with Crippen LogP contribution in [0.1, 0.15) is 194 Å². The third kappa shape index (κ3) is 29.6.